The van der Waals surface area contributed by atoms with Gasteiger partial charge in [0.05, 0.1) is 11.7 Å². The number of aromatic nitrogens is 2. The molecule has 0 saturated carbocycles. The van der Waals surface area contributed by atoms with Gasteiger partial charge in [-0.2, -0.15) is 5.10 Å². The van der Waals surface area contributed by atoms with Crippen LogP contribution in [0, 0.1) is 6.92 Å². The summed E-state index contributed by atoms with van der Waals surface area (Å²) in [6.07, 6.45) is 2.98. The van der Waals surface area contributed by atoms with Gasteiger partial charge in [0.25, 0.3) is 0 Å². The summed E-state index contributed by atoms with van der Waals surface area (Å²) in [4.78, 5) is 0. The molecule has 0 fully saturated rings. The van der Waals surface area contributed by atoms with Crippen LogP contribution in [0.3, 0.4) is 0 Å². The number of fused-ring (bicyclic) bond motifs is 1. The first-order chi connectivity index (χ1) is 5.83. The zero-order chi connectivity index (χ0) is 8.55. The molecule has 2 heteroatoms. The first kappa shape index (κ1) is 7.35. The molecule has 0 saturated heterocycles. The molecule has 1 heterocycles. The van der Waals surface area contributed by atoms with Gasteiger partial charge in [0.15, 0.2) is 0 Å². The molecule has 62 valence electrons. The molecular formula is C10H12N2. The lowest BCUT2D eigenvalue weighted by Crippen LogP contribution is -1.86. The second kappa shape index (κ2) is 2.63. The van der Waals surface area contributed by atoms with Gasteiger partial charge in [0.1, 0.15) is 0 Å². The second-order valence-electron chi connectivity index (χ2n) is 3.05. The van der Waals surface area contributed by atoms with Crippen LogP contribution in [0.1, 0.15) is 18.1 Å². The van der Waals surface area contributed by atoms with Crippen molar-refractivity contribution >= 4 is 10.9 Å². The largest absolute Gasteiger partial charge is 0.278 e. The van der Waals surface area contributed by atoms with Gasteiger partial charge in [-0.15, -0.1) is 0 Å². The Bertz CT molecular complexity index is 401. The lowest BCUT2D eigenvalue weighted by Gasteiger charge is -2.02. The van der Waals surface area contributed by atoms with E-state index in [9.17, 15) is 0 Å². The van der Waals surface area contributed by atoms with Crippen molar-refractivity contribution in [3.63, 3.8) is 0 Å². The van der Waals surface area contributed by atoms with Crippen LogP contribution in [0.15, 0.2) is 18.3 Å². The smallest absolute Gasteiger partial charge is 0.0653 e. The standard InChI is InChI=1S/C10H12N2/c1-3-8-7(2)4-5-10-9(8)6-11-12-10/h4-6H,3H2,1-2H3,(H,11,12). The van der Waals surface area contributed by atoms with Crippen molar-refractivity contribution < 1.29 is 0 Å². The number of rotatable bonds is 1. The normalized spacial score (nSPS) is 10.8. The molecule has 2 nitrogen and oxygen atoms in total. The maximum Gasteiger partial charge on any atom is 0.0653 e. The summed E-state index contributed by atoms with van der Waals surface area (Å²) in [6.45, 7) is 4.32. The predicted octanol–water partition coefficient (Wildman–Crippen LogP) is 2.43. The highest BCUT2D eigenvalue weighted by atomic mass is 15.1. The van der Waals surface area contributed by atoms with E-state index in [0.29, 0.717) is 0 Å². The zero-order valence-electron chi connectivity index (χ0n) is 7.39. The molecule has 0 atom stereocenters. The molecule has 2 aromatic rings. The molecule has 1 N–H and O–H groups in total. The summed E-state index contributed by atoms with van der Waals surface area (Å²) in [7, 11) is 0. The summed E-state index contributed by atoms with van der Waals surface area (Å²) in [5.74, 6) is 0. The summed E-state index contributed by atoms with van der Waals surface area (Å²) in [5, 5.41) is 8.26. The van der Waals surface area contributed by atoms with E-state index >= 15 is 0 Å². The Labute approximate surface area is 71.6 Å². The third-order valence-electron chi connectivity index (χ3n) is 2.32. The molecule has 0 amide bonds. The van der Waals surface area contributed by atoms with E-state index in [1.807, 2.05) is 6.20 Å². The number of hydrogen-bond donors (Lipinski definition) is 1. The van der Waals surface area contributed by atoms with Gasteiger partial charge >= 0.3 is 0 Å². The number of aryl methyl sites for hydroxylation is 2. The summed E-state index contributed by atoms with van der Waals surface area (Å²) >= 11 is 0. The fourth-order valence-corrected chi connectivity index (χ4v) is 1.65. The van der Waals surface area contributed by atoms with E-state index in [2.05, 4.69) is 36.2 Å². The molecule has 0 spiro atoms. The number of H-pyrrole nitrogens is 1. The Morgan fingerprint density at radius 1 is 1.42 bits per heavy atom. The van der Waals surface area contributed by atoms with Crippen molar-refractivity contribution in [2.45, 2.75) is 20.3 Å². The van der Waals surface area contributed by atoms with E-state index in [0.717, 1.165) is 11.9 Å². The number of hydrogen-bond acceptors (Lipinski definition) is 1. The van der Waals surface area contributed by atoms with Crippen LogP contribution in [0.2, 0.25) is 0 Å². The van der Waals surface area contributed by atoms with Crippen LogP contribution in [0.4, 0.5) is 0 Å². The Balaban J connectivity index is 2.83. The Hall–Kier alpha value is -1.31. The van der Waals surface area contributed by atoms with Gasteiger partial charge in [0, 0.05) is 5.39 Å². The Morgan fingerprint density at radius 3 is 3.00 bits per heavy atom. The number of benzene rings is 1. The third-order valence-corrected chi connectivity index (χ3v) is 2.32. The highest BCUT2D eigenvalue weighted by molar-refractivity contribution is 5.82. The van der Waals surface area contributed by atoms with Crippen molar-refractivity contribution in [3.05, 3.63) is 29.5 Å². The van der Waals surface area contributed by atoms with Gasteiger partial charge < -0.3 is 0 Å². The number of aromatic amines is 1. The van der Waals surface area contributed by atoms with E-state index in [1.165, 1.54) is 16.5 Å². The van der Waals surface area contributed by atoms with E-state index in [-0.39, 0.29) is 0 Å². The predicted molar refractivity (Wildman–Crippen MR) is 50.2 cm³/mol. The molecule has 0 bridgehead atoms. The van der Waals surface area contributed by atoms with E-state index in [4.69, 9.17) is 0 Å². The van der Waals surface area contributed by atoms with Crippen molar-refractivity contribution in [1.29, 1.82) is 0 Å². The lowest BCUT2D eigenvalue weighted by molar-refractivity contribution is 1.12. The number of nitrogens with one attached hydrogen (secondary N) is 1. The van der Waals surface area contributed by atoms with Crippen molar-refractivity contribution in [2.24, 2.45) is 0 Å². The second-order valence-corrected chi connectivity index (χ2v) is 3.05. The molecule has 2 rings (SSSR count). The molecule has 0 aliphatic rings. The van der Waals surface area contributed by atoms with E-state index < -0.39 is 0 Å². The molecule has 1 aromatic carbocycles. The molecule has 0 aliphatic heterocycles. The Kier molecular flexibility index (Phi) is 1.61. The van der Waals surface area contributed by atoms with Crippen molar-refractivity contribution in [2.75, 3.05) is 0 Å². The molecule has 0 unspecified atom stereocenters. The van der Waals surface area contributed by atoms with Gasteiger partial charge in [-0.25, -0.2) is 0 Å². The fraction of sp³-hybridized carbons (Fsp3) is 0.300. The number of nitrogens with zero attached hydrogens (tertiary/aromatic N) is 1. The van der Waals surface area contributed by atoms with Crippen LogP contribution < -0.4 is 0 Å². The summed E-state index contributed by atoms with van der Waals surface area (Å²) in [5.41, 5.74) is 3.89. The first-order valence-electron chi connectivity index (χ1n) is 4.24. The van der Waals surface area contributed by atoms with Crippen LogP contribution in [0.5, 0.6) is 0 Å². The maximum absolute atomic E-state index is 4.03. The average Bonchev–Trinajstić information content (AvgIpc) is 2.52. The minimum absolute atomic E-state index is 1.07. The van der Waals surface area contributed by atoms with Gasteiger partial charge in [-0.1, -0.05) is 13.0 Å². The first-order valence-corrected chi connectivity index (χ1v) is 4.24. The molecule has 1 aromatic heterocycles. The van der Waals surface area contributed by atoms with Crippen LogP contribution in [-0.4, -0.2) is 10.2 Å². The molecule has 0 radical (unpaired) electrons. The Morgan fingerprint density at radius 2 is 2.25 bits per heavy atom. The molecular weight excluding hydrogens is 148 g/mol. The summed E-state index contributed by atoms with van der Waals surface area (Å²) in [6, 6.07) is 4.22. The highest BCUT2D eigenvalue weighted by Gasteiger charge is 2.02. The van der Waals surface area contributed by atoms with Crippen molar-refractivity contribution in [3.8, 4) is 0 Å². The van der Waals surface area contributed by atoms with Crippen LogP contribution in [0.25, 0.3) is 10.9 Å². The highest BCUT2D eigenvalue weighted by Crippen LogP contribution is 2.20. The maximum atomic E-state index is 4.03. The SMILES string of the molecule is CCc1c(C)ccc2[nH]ncc12. The minimum atomic E-state index is 1.07. The molecule has 0 aliphatic carbocycles. The van der Waals surface area contributed by atoms with Crippen LogP contribution in [-0.2, 0) is 6.42 Å². The van der Waals surface area contributed by atoms with E-state index in [1.54, 1.807) is 0 Å². The monoisotopic (exact) mass is 160 g/mol. The summed E-state index contributed by atoms with van der Waals surface area (Å²) < 4.78 is 0. The topological polar surface area (TPSA) is 28.7 Å². The fourth-order valence-electron chi connectivity index (χ4n) is 1.65. The van der Waals surface area contributed by atoms with Crippen LogP contribution >= 0.6 is 0 Å². The van der Waals surface area contributed by atoms with Gasteiger partial charge in [-0.3, -0.25) is 5.10 Å². The quantitative estimate of drug-likeness (QED) is 0.682. The van der Waals surface area contributed by atoms with Crippen molar-refractivity contribution in [1.82, 2.24) is 10.2 Å². The molecule has 12 heavy (non-hydrogen) atoms. The zero-order valence-corrected chi connectivity index (χ0v) is 7.39. The third kappa shape index (κ3) is 0.916. The average molecular weight is 160 g/mol. The van der Waals surface area contributed by atoms with Gasteiger partial charge in [0.2, 0.25) is 0 Å². The minimum Gasteiger partial charge on any atom is -0.278 e. The lowest BCUT2D eigenvalue weighted by atomic mass is 10.0. The van der Waals surface area contributed by atoms with Gasteiger partial charge in [-0.05, 0) is 30.5 Å².